The Hall–Kier alpha value is -0.870. The molecule has 0 saturated heterocycles. The van der Waals surface area contributed by atoms with Crippen LogP contribution in [-0.4, -0.2) is 16.8 Å². The Morgan fingerprint density at radius 1 is 1.89 bits per heavy atom. The molecule has 4 heteroatoms. The zero-order chi connectivity index (χ0) is 6.91. The summed E-state index contributed by atoms with van der Waals surface area (Å²) in [5.74, 6) is -0.891. The highest BCUT2D eigenvalue weighted by molar-refractivity contribution is 5.81. The molecule has 50 valence electrons. The summed E-state index contributed by atoms with van der Waals surface area (Å²) in [7, 11) is 0. The second-order valence-electron chi connectivity index (χ2n) is 1.96. The summed E-state index contributed by atoms with van der Waals surface area (Å²) >= 11 is 0. The summed E-state index contributed by atoms with van der Waals surface area (Å²) in [5.41, 5.74) is 5.21. The number of hydrogen-bond acceptors (Lipinski definition) is 4. The largest absolute Gasteiger partial charge is 0.354 e. The Morgan fingerprint density at radius 2 is 2.56 bits per heavy atom. The minimum atomic E-state index is -1.50. The van der Waals surface area contributed by atoms with Crippen LogP contribution in [0, 0.1) is 0 Å². The summed E-state index contributed by atoms with van der Waals surface area (Å²) in [6, 6.07) is 0. The average molecular weight is 127 g/mol. The number of nitrogens with two attached hydrogens (primary N) is 1. The summed E-state index contributed by atoms with van der Waals surface area (Å²) in [6.07, 6.45) is 2.93. The molecule has 1 aliphatic rings. The van der Waals surface area contributed by atoms with E-state index >= 15 is 0 Å². The summed E-state index contributed by atoms with van der Waals surface area (Å²) in [4.78, 5) is 3.67. The molecule has 1 atom stereocenters. The first kappa shape index (κ1) is 6.25. The van der Waals surface area contributed by atoms with E-state index in [2.05, 4.69) is 10.3 Å². The van der Waals surface area contributed by atoms with Crippen molar-refractivity contribution in [3.05, 3.63) is 12.3 Å². The Kier molecular flexibility index (Phi) is 1.27. The van der Waals surface area contributed by atoms with E-state index < -0.39 is 5.85 Å². The molecule has 0 saturated carbocycles. The van der Waals surface area contributed by atoms with Gasteiger partial charge < -0.3 is 10.4 Å². The number of rotatable bonds is 0. The third kappa shape index (κ3) is 1.51. The highest BCUT2D eigenvalue weighted by Crippen LogP contribution is 2.02. The van der Waals surface area contributed by atoms with Gasteiger partial charge in [0.15, 0.2) is 0 Å². The lowest BCUT2D eigenvalue weighted by Gasteiger charge is -2.18. The first-order valence-electron chi connectivity index (χ1n) is 2.62. The molecule has 4 nitrogen and oxygen atoms in total. The number of nitrogens with one attached hydrogen (secondary N) is 1. The van der Waals surface area contributed by atoms with Crippen LogP contribution in [0.4, 0.5) is 0 Å². The molecule has 1 rings (SSSR count). The topological polar surface area (TPSA) is 70.6 Å². The van der Waals surface area contributed by atoms with E-state index in [1.54, 1.807) is 13.1 Å². The van der Waals surface area contributed by atoms with Crippen LogP contribution in [0.3, 0.4) is 0 Å². The second-order valence-corrected chi connectivity index (χ2v) is 1.96. The smallest absolute Gasteiger partial charge is 0.234 e. The van der Waals surface area contributed by atoms with Crippen molar-refractivity contribution >= 4 is 5.84 Å². The fraction of sp³-hybridized carbons (Fsp3) is 0.400. The third-order valence-electron chi connectivity index (χ3n) is 0.968. The molecule has 9 heavy (non-hydrogen) atoms. The van der Waals surface area contributed by atoms with Crippen molar-refractivity contribution in [1.29, 1.82) is 0 Å². The lowest BCUT2D eigenvalue weighted by Crippen LogP contribution is -2.40. The third-order valence-corrected chi connectivity index (χ3v) is 0.968. The van der Waals surface area contributed by atoms with Gasteiger partial charge >= 0.3 is 0 Å². The predicted octanol–water partition coefficient (Wildman–Crippen LogP) is -0.874. The van der Waals surface area contributed by atoms with Gasteiger partial charge in [0, 0.05) is 12.3 Å². The van der Waals surface area contributed by atoms with E-state index in [0.29, 0.717) is 5.84 Å². The fourth-order valence-corrected chi connectivity index (χ4v) is 0.623. The number of hydrogen-bond donors (Lipinski definition) is 3. The minimum absolute atomic E-state index is 0.613. The van der Waals surface area contributed by atoms with Gasteiger partial charge in [-0.05, 0) is 6.92 Å². The van der Waals surface area contributed by atoms with E-state index in [0.717, 1.165) is 0 Å². The van der Waals surface area contributed by atoms with Gasteiger partial charge in [0.2, 0.25) is 5.85 Å². The molecular formula is C5H9N3O. The van der Waals surface area contributed by atoms with Crippen molar-refractivity contribution in [2.45, 2.75) is 12.8 Å². The number of nitrogens with zero attached hydrogens (tertiary/aromatic N) is 1. The monoisotopic (exact) mass is 127 g/mol. The lowest BCUT2D eigenvalue weighted by atomic mass is 10.4. The van der Waals surface area contributed by atoms with Crippen molar-refractivity contribution in [3.8, 4) is 0 Å². The predicted molar refractivity (Wildman–Crippen MR) is 34.5 cm³/mol. The highest BCUT2D eigenvalue weighted by Gasteiger charge is 2.16. The van der Waals surface area contributed by atoms with E-state index in [9.17, 15) is 0 Å². The number of amidine groups is 1. The first-order valence-corrected chi connectivity index (χ1v) is 2.62. The molecular weight excluding hydrogens is 118 g/mol. The Balaban J connectivity index is 2.78. The molecule has 0 aromatic rings. The van der Waals surface area contributed by atoms with Crippen molar-refractivity contribution in [1.82, 2.24) is 5.32 Å². The second kappa shape index (κ2) is 1.82. The number of aliphatic hydroxyl groups is 1. The van der Waals surface area contributed by atoms with Crippen LogP contribution in [0.1, 0.15) is 6.92 Å². The maximum Gasteiger partial charge on any atom is 0.234 e. The van der Waals surface area contributed by atoms with Crippen LogP contribution >= 0.6 is 0 Å². The zero-order valence-electron chi connectivity index (χ0n) is 5.13. The summed E-state index contributed by atoms with van der Waals surface area (Å²) < 4.78 is 0. The molecule has 0 fully saturated rings. The van der Waals surface area contributed by atoms with Crippen LogP contribution in [0.15, 0.2) is 17.3 Å². The van der Waals surface area contributed by atoms with E-state index in [1.807, 2.05) is 0 Å². The van der Waals surface area contributed by atoms with Gasteiger partial charge in [-0.15, -0.1) is 0 Å². The Labute approximate surface area is 53.1 Å². The quantitative estimate of drug-likeness (QED) is 0.370. The van der Waals surface area contributed by atoms with Crippen LogP contribution < -0.4 is 11.1 Å². The minimum Gasteiger partial charge on any atom is -0.354 e. The van der Waals surface area contributed by atoms with E-state index in [1.165, 1.54) is 6.08 Å². The standard InChI is InChI=1S/C5H9N3O/c1-4-7-3-2-5(6,9)8-4/h2-3,9H,6H2,1H3,(H,7,8). The molecule has 1 aliphatic heterocycles. The molecule has 0 spiro atoms. The first-order chi connectivity index (χ1) is 4.10. The Morgan fingerprint density at radius 3 is 2.89 bits per heavy atom. The zero-order valence-corrected chi connectivity index (χ0v) is 5.13. The molecule has 0 radical (unpaired) electrons. The fourth-order valence-electron chi connectivity index (χ4n) is 0.623. The van der Waals surface area contributed by atoms with Crippen molar-refractivity contribution in [3.63, 3.8) is 0 Å². The van der Waals surface area contributed by atoms with Gasteiger partial charge in [-0.1, -0.05) is 0 Å². The van der Waals surface area contributed by atoms with Gasteiger partial charge in [-0.25, -0.2) is 4.99 Å². The van der Waals surface area contributed by atoms with Gasteiger partial charge in [0.05, 0.1) is 0 Å². The average Bonchev–Trinajstić information content (AvgIpc) is 1.60. The molecule has 0 aromatic carbocycles. The van der Waals surface area contributed by atoms with Crippen LogP contribution in [-0.2, 0) is 0 Å². The van der Waals surface area contributed by atoms with E-state index in [4.69, 9.17) is 10.8 Å². The molecule has 0 bridgehead atoms. The van der Waals surface area contributed by atoms with Gasteiger partial charge in [0.25, 0.3) is 0 Å². The van der Waals surface area contributed by atoms with Gasteiger partial charge in [-0.2, -0.15) is 0 Å². The Bertz CT molecular complexity index is 171. The lowest BCUT2D eigenvalue weighted by molar-refractivity contribution is 0.106. The highest BCUT2D eigenvalue weighted by atomic mass is 16.3. The molecule has 1 unspecified atom stereocenters. The van der Waals surface area contributed by atoms with Crippen molar-refractivity contribution < 1.29 is 5.11 Å². The normalized spacial score (nSPS) is 33.4. The van der Waals surface area contributed by atoms with Gasteiger partial charge in [0.1, 0.15) is 5.84 Å². The molecule has 1 heterocycles. The molecule has 0 aromatic heterocycles. The van der Waals surface area contributed by atoms with Crippen LogP contribution in [0.2, 0.25) is 0 Å². The van der Waals surface area contributed by atoms with Crippen LogP contribution in [0.5, 0.6) is 0 Å². The van der Waals surface area contributed by atoms with Crippen LogP contribution in [0.25, 0.3) is 0 Å². The molecule has 4 N–H and O–H groups in total. The maximum absolute atomic E-state index is 9.01. The van der Waals surface area contributed by atoms with Crippen molar-refractivity contribution in [2.24, 2.45) is 10.7 Å². The maximum atomic E-state index is 9.01. The SMILES string of the molecule is CC1=NC(N)(O)C=CN1. The van der Waals surface area contributed by atoms with Gasteiger partial charge in [-0.3, -0.25) is 5.73 Å². The summed E-state index contributed by atoms with van der Waals surface area (Å²) in [5, 5.41) is 11.8. The summed E-state index contributed by atoms with van der Waals surface area (Å²) in [6.45, 7) is 1.72. The molecule has 0 amide bonds. The number of aliphatic imine (C=N–C) groups is 1. The molecule has 0 aliphatic carbocycles. The van der Waals surface area contributed by atoms with Crippen molar-refractivity contribution in [2.75, 3.05) is 0 Å². The van der Waals surface area contributed by atoms with E-state index in [-0.39, 0.29) is 0 Å².